The van der Waals surface area contributed by atoms with Gasteiger partial charge in [-0.3, -0.25) is 9.48 Å². The Morgan fingerprint density at radius 3 is 2.76 bits per heavy atom. The summed E-state index contributed by atoms with van der Waals surface area (Å²) in [4.78, 5) is 14.1. The lowest BCUT2D eigenvalue weighted by molar-refractivity contribution is 0.0724. The third-order valence-corrected chi connectivity index (χ3v) is 2.54. The van der Waals surface area contributed by atoms with Crippen molar-refractivity contribution in [3.8, 4) is 0 Å². The fourth-order valence-corrected chi connectivity index (χ4v) is 1.74. The maximum absolute atomic E-state index is 12.3. The smallest absolute Gasteiger partial charge is 0.272 e. The zero-order chi connectivity index (χ0) is 12.8. The lowest BCUT2D eigenvalue weighted by Crippen LogP contribution is -2.36. The zero-order valence-electron chi connectivity index (χ0n) is 10.9. The van der Waals surface area contributed by atoms with E-state index in [4.69, 9.17) is 5.73 Å². The summed E-state index contributed by atoms with van der Waals surface area (Å²) in [6.07, 6.45) is 2.47. The van der Waals surface area contributed by atoms with Gasteiger partial charge in [-0.2, -0.15) is 5.10 Å². The van der Waals surface area contributed by atoms with E-state index in [0.717, 1.165) is 13.0 Å². The van der Waals surface area contributed by atoms with Crippen molar-refractivity contribution in [1.82, 2.24) is 14.7 Å². The summed E-state index contributed by atoms with van der Waals surface area (Å²) in [5, 5.41) is 4.02. The van der Waals surface area contributed by atoms with Gasteiger partial charge in [-0.1, -0.05) is 13.8 Å². The fourth-order valence-electron chi connectivity index (χ4n) is 1.74. The standard InChI is InChI=1S/C12H22N4O/c1-10(2)9-16(8-4-6-13)12(17)11-5-7-14-15(11)3/h5,7,10H,4,6,8-9,13H2,1-3H3. The minimum Gasteiger partial charge on any atom is -0.337 e. The van der Waals surface area contributed by atoms with Crippen LogP contribution < -0.4 is 5.73 Å². The molecule has 0 spiro atoms. The Morgan fingerprint density at radius 2 is 2.29 bits per heavy atom. The van der Waals surface area contributed by atoms with Crippen LogP contribution >= 0.6 is 0 Å². The van der Waals surface area contributed by atoms with Gasteiger partial charge in [-0.25, -0.2) is 0 Å². The first-order chi connectivity index (χ1) is 8.06. The molecule has 0 saturated carbocycles. The first-order valence-corrected chi connectivity index (χ1v) is 6.03. The van der Waals surface area contributed by atoms with Crippen molar-refractivity contribution in [2.24, 2.45) is 18.7 Å². The first kappa shape index (κ1) is 13.7. The molecule has 1 aromatic rings. The van der Waals surface area contributed by atoms with Gasteiger partial charge < -0.3 is 10.6 Å². The van der Waals surface area contributed by atoms with Gasteiger partial charge in [0.05, 0.1) is 0 Å². The number of rotatable bonds is 6. The molecule has 1 aromatic heterocycles. The molecule has 0 aliphatic carbocycles. The van der Waals surface area contributed by atoms with Crippen molar-refractivity contribution in [2.75, 3.05) is 19.6 Å². The summed E-state index contributed by atoms with van der Waals surface area (Å²) < 4.78 is 1.61. The van der Waals surface area contributed by atoms with Gasteiger partial charge in [-0.15, -0.1) is 0 Å². The number of carbonyl (C=O) groups excluding carboxylic acids is 1. The molecule has 0 atom stereocenters. The fraction of sp³-hybridized carbons (Fsp3) is 0.667. The van der Waals surface area contributed by atoms with Crippen molar-refractivity contribution in [1.29, 1.82) is 0 Å². The van der Waals surface area contributed by atoms with E-state index in [-0.39, 0.29) is 5.91 Å². The highest BCUT2D eigenvalue weighted by atomic mass is 16.2. The van der Waals surface area contributed by atoms with E-state index >= 15 is 0 Å². The maximum Gasteiger partial charge on any atom is 0.272 e. The van der Waals surface area contributed by atoms with E-state index in [1.807, 2.05) is 4.90 Å². The molecule has 0 radical (unpaired) electrons. The van der Waals surface area contributed by atoms with Crippen LogP contribution in [-0.4, -0.2) is 40.2 Å². The second kappa shape index (κ2) is 6.39. The summed E-state index contributed by atoms with van der Waals surface area (Å²) in [5.74, 6) is 0.483. The Labute approximate surface area is 103 Å². The molecular formula is C12H22N4O. The molecule has 5 heteroatoms. The van der Waals surface area contributed by atoms with Crippen LogP contribution in [0.15, 0.2) is 12.3 Å². The molecule has 0 bridgehead atoms. The number of amides is 1. The molecule has 0 aliphatic heterocycles. The van der Waals surface area contributed by atoms with E-state index < -0.39 is 0 Å². The van der Waals surface area contributed by atoms with Gasteiger partial charge in [0, 0.05) is 26.3 Å². The molecule has 0 aliphatic rings. The molecule has 1 rings (SSSR count). The number of aryl methyl sites for hydroxylation is 1. The monoisotopic (exact) mass is 238 g/mol. The average Bonchev–Trinajstić information content (AvgIpc) is 2.69. The van der Waals surface area contributed by atoms with E-state index in [1.165, 1.54) is 0 Å². The van der Waals surface area contributed by atoms with Crippen molar-refractivity contribution >= 4 is 5.91 Å². The number of carbonyl (C=O) groups is 1. The molecule has 17 heavy (non-hydrogen) atoms. The van der Waals surface area contributed by atoms with Crippen molar-refractivity contribution < 1.29 is 4.79 Å². The summed E-state index contributed by atoms with van der Waals surface area (Å²) in [7, 11) is 1.78. The molecular weight excluding hydrogens is 216 g/mol. The third-order valence-electron chi connectivity index (χ3n) is 2.54. The van der Waals surface area contributed by atoms with Crippen LogP contribution in [0.2, 0.25) is 0 Å². The van der Waals surface area contributed by atoms with Crippen LogP contribution in [0, 0.1) is 5.92 Å². The minimum atomic E-state index is 0.0344. The van der Waals surface area contributed by atoms with E-state index in [2.05, 4.69) is 18.9 Å². The van der Waals surface area contributed by atoms with Crippen LogP contribution in [0.5, 0.6) is 0 Å². The molecule has 96 valence electrons. The first-order valence-electron chi connectivity index (χ1n) is 6.03. The Balaban J connectivity index is 2.75. The largest absolute Gasteiger partial charge is 0.337 e. The van der Waals surface area contributed by atoms with Gasteiger partial charge in [0.2, 0.25) is 0 Å². The quantitative estimate of drug-likeness (QED) is 0.799. The van der Waals surface area contributed by atoms with Gasteiger partial charge in [0.1, 0.15) is 5.69 Å². The van der Waals surface area contributed by atoms with Crippen LogP contribution in [-0.2, 0) is 7.05 Å². The lowest BCUT2D eigenvalue weighted by Gasteiger charge is -2.24. The summed E-state index contributed by atoms with van der Waals surface area (Å²) in [6, 6.07) is 1.75. The normalized spacial score (nSPS) is 10.9. The second-order valence-corrected chi connectivity index (χ2v) is 4.63. The number of aromatic nitrogens is 2. The molecule has 0 aromatic carbocycles. The van der Waals surface area contributed by atoms with Gasteiger partial charge >= 0.3 is 0 Å². The summed E-state index contributed by atoms with van der Waals surface area (Å²) >= 11 is 0. The van der Waals surface area contributed by atoms with Crippen LogP contribution in [0.4, 0.5) is 0 Å². The molecule has 5 nitrogen and oxygen atoms in total. The number of hydrogen-bond donors (Lipinski definition) is 1. The zero-order valence-corrected chi connectivity index (χ0v) is 10.9. The van der Waals surface area contributed by atoms with Crippen molar-refractivity contribution in [3.63, 3.8) is 0 Å². The predicted octanol–water partition coefficient (Wildman–Crippen LogP) is 0.867. The molecule has 1 amide bonds. The van der Waals surface area contributed by atoms with E-state index in [1.54, 1.807) is 24.0 Å². The van der Waals surface area contributed by atoms with E-state index in [9.17, 15) is 4.79 Å². The summed E-state index contributed by atoms with van der Waals surface area (Å²) in [6.45, 7) is 6.27. The molecule has 0 unspecified atom stereocenters. The molecule has 2 N–H and O–H groups in total. The average molecular weight is 238 g/mol. The summed E-state index contributed by atoms with van der Waals surface area (Å²) in [5.41, 5.74) is 6.13. The molecule has 0 saturated heterocycles. The highest BCUT2D eigenvalue weighted by molar-refractivity contribution is 5.92. The Bertz CT molecular complexity index is 359. The molecule has 0 fully saturated rings. The Hall–Kier alpha value is -1.36. The number of nitrogens with two attached hydrogens (primary N) is 1. The second-order valence-electron chi connectivity index (χ2n) is 4.63. The molecule has 1 heterocycles. The van der Waals surface area contributed by atoms with Crippen LogP contribution in [0.3, 0.4) is 0 Å². The maximum atomic E-state index is 12.3. The highest BCUT2D eigenvalue weighted by Gasteiger charge is 2.18. The van der Waals surface area contributed by atoms with Crippen LogP contribution in [0.1, 0.15) is 30.8 Å². The van der Waals surface area contributed by atoms with E-state index in [0.29, 0.717) is 24.7 Å². The van der Waals surface area contributed by atoms with Gasteiger partial charge in [0.15, 0.2) is 0 Å². The number of hydrogen-bond acceptors (Lipinski definition) is 3. The van der Waals surface area contributed by atoms with Crippen molar-refractivity contribution in [3.05, 3.63) is 18.0 Å². The van der Waals surface area contributed by atoms with Crippen LogP contribution in [0.25, 0.3) is 0 Å². The van der Waals surface area contributed by atoms with Gasteiger partial charge in [0.25, 0.3) is 5.91 Å². The SMILES string of the molecule is CC(C)CN(CCCN)C(=O)c1ccnn1C. The topological polar surface area (TPSA) is 64.2 Å². The Kier molecular flexibility index (Phi) is 5.15. The van der Waals surface area contributed by atoms with Crippen molar-refractivity contribution in [2.45, 2.75) is 20.3 Å². The lowest BCUT2D eigenvalue weighted by atomic mass is 10.2. The third kappa shape index (κ3) is 3.85. The predicted molar refractivity (Wildman–Crippen MR) is 67.6 cm³/mol. The highest BCUT2D eigenvalue weighted by Crippen LogP contribution is 2.07. The number of nitrogens with zero attached hydrogens (tertiary/aromatic N) is 3. The minimum absolute atomic E-state index is 0.0344. The van der Waals surface area contributed by atoms with Gasteiger partial charge in [-0.05, 0) is 24.9 Å². The Morgan fingerprint density at radius 1 is 1.59 bits per heavy atom.